The maximum absolute atomic E-state index is 14.3. The summed E-state index contributed by atoms with van der Waals surface area (Å²) in [7, 11) is -4.30. The molecule has 1 aromatic heterocycles. The van der Waals surface area contributed by atoms with E-state index in [9.17, 15) is 14.2 Å². The van der Waals surface area contributed by atoms with Crippen molar-refractivity contribution in [3.8, 4) is 5.75 Å². The molecule has 7 rings (SSSR count). The fraction of sp³-hybridized carbons (Fsp3) is 0.143. The molecule has 0 spiro atoms. The fourth-order valence-electron chi connectivity index (χ4n) is 6.02. The highest BCUT2D eigenvalue weighted by atomic mass is 79.9. The van der Waals surface area contributed by atoms with Crippen LogP contribution in [0.2, 0.25) is 0 Å². The van der Waals surface area contributed by atoms with Gasteiger partial charge in [-0.1, -0.05) is 104 Å². The van der Waals surface area contributed by atoms with Gasteiger partial charge in [0, 0.05) is 23.7 Å². The van der Waals surface area contributed by atoms with Crippen LogP contribution in [0.5, 0.6) is 5.75 Å². The van der Waals surface area contributed by atoms with E-state index in [-0.39, 0.29) is 47.4 Å². The molecule has 0 saturated heterocycles. The Bertz CT molecular complexity index is 1920. The monoisotopic (exact) mass is 667 g/mol. The van der Waals surface area contributed by atoms with Crippen molar-refractivity contribution in [2.24, 2.45) is 0 Å². The smallest absolute Gasteiger partial charge is 0.403 e. The molecule has 0 N–H and O–H groups in total. The molecular formula is C35H27BrNO6P. The van der Waals surface area contributed by atoms with E-state index in [0.717, 1.165) is 27.9 Å². The van der Waals surface area contributed by atoms with Crippen LogP contribution in [-0.4, -0.2) is 16.1 Å². The second-order valence-electron chi connectivity index (χ2n) is 10.8. The van der Waals surface area contributed by atoms with Gasteiger partial charge in [-0.15, -0.1) is 0 Å². The van der Waals surface area contributed by atoms with Crippen LogP contribution in [0.1, 0.15) is 72.6 Å². The lowest BCUT2D eigenvalue weighted by molar-refractivity contribution is 0.0975. The first-order valence-electron chi connectivity index (χ1n) is 14.2. The van der Waals surface area contributed by atoms with Crippen LogP contribution in [0, 0.1) is 0 Å². The van der Waals surface area contributed by atoms with Gasteiger partial charge in [-0.3, -0.25) is 18.6 Å². The summed E-state index contributed by atoms with van der Waals surface area (Å²) in [6.07, 6.45) is 0. The summed E-state index contributed by atoms with van der Waals surface area (Å²) >= 11 is 3.65. The number of hydrogen-bond acceptors (Lipinski definition) is 6. The van der Waals surface area contributed by atoms with Crippen LogP contribution < -0.4 is 4.52 Å². The van der Waals surface area contributed by atoms with E-state index in [1.807, 2.05) is 84.3 Å². The number of fused-ring (bicyclic) bond motifs is 5. The number of halogens is 1. The number of rotatable bonds is 8. The number of ketones is 2. The molecule has 0 fully saturated rings. The van der Waals surface area contributed by atoms with Gasteiger partial charge in [0.15, 0.2) is 5.78 Å². The summed E-state index contributed by atoms with van der Waals surface area (Å²) in [5.41, 5.74) is 5.47. The third kappa shape index (κ3) is 4.98. The number of aromatic nitrogens is 1. The maximum Gasteiger partial charge on any atom is 0.530 e. The van der Waals surface area contributed by atoms with E-state index in [1.54, 1.807) is 12.1 Å². The lowest BCUT2D eigenvalue weighted by atomic mass is 9.81. The zero-order chi connectivity index (χ0) is 30.4. The van der Waals surface area contributed by atoms with E-state index >= 15 is 0 Å². The topological polar surface area (TPSA) is 83.8 Å². The van der Waals surface area contributed by atoms with Gasteiger partial charge in [-0.05, 0) is 44.3 Å². The molecule has 2 aliphatic rings. The molecule has 9 heteroatoms. The summed E-state index contributed by atoms with van der Waals surface area (Å²) in [5, 5.41) is 0. The minimum atomic E-state index is -4.30. The van der Waals surface area contributed by atoms with Crippen molar-refractivity contribution in [3.63, 3.8) is 0 Å². The lowest BCUT2D eigenvalue weighted by Crippen LogP contribution is -2.23. The van der Waals surface area contributed by atoms with Gasteiger partial charge in [-0.25, -0.2) is 4.57 Å². The van der Waals surface area contributed by atoms with E-state index in [0.29, 0.717) is 16.7 Å². The highest BCUT2D eigenvalue weighted by Crippen LogP contribution is 2.53. The van der Waals surface area contributed by atoms with Gasteiger partial charge < -0.3 is 9.09 Å². The lowest BCUT2D eigenvalue weighted by Gasteiger charge is -2.27. The van der Waals surface area contributed by atoms with Gasteiger partial charge in [0.1, 0.15) is 5.75 Å². The SMILES string of the molecule is CC1c2ccccc2Cn2c(Br)c3c(c21)C(=O)c1cccc(OP(=O)(OCc2ccccc2)OCc2ccccc2)c1C3=O. The highest BCUT2D eigenvalue weighted by Gasteiger charge is 2.43. The van der Waals surface area contributed by atoms with Crippen molar-refractivity contribution in [2.45, 2.75) is 32.6 Å². The van der Waals surface area contributed by atoms with Gasteiger partial charge in [0.05, 0.1) is 34.5 Å². The predicted octanol–water partition coefficient (Wildman–Crippen LogP) is 8.46. The first-order valence-corrected chi connectivity index (χ1v) is 16.5. The zero-order valence-corrected chi connectivity index (χ0v) is 26.2. The zero-order valence-electron chi connectivity index (χ0n) is 23.7. The van der Waals surface area contributed by atoms with E-state index < -0.39 is 13.6 Å². The Balaban J connectivity index is 1.26. The van der Waals surface area contributed by atoms with Gasteiger partial charge in [0.25, 0.3) is 0 Å². The van der Waals surface area contributed by atoms with E-state index in [4.69, 9.17) is 13.6 Å². The largest absolute Gasteiger partial charge is 0.530 e. The quantitative estimate of drug-likeness (QED) is 0.151. The van der Waals surface area contributed by atoms with Crippen molar-refractivity contribution < 1.29 is 27.7 Å². The first-order chi connectivity index (χ1) is 21.3. The Hall–Kier alpha value is -4.07. The van der Waals surface area contributed by atoms with E-state index in [1.165, 1.54) is 6.07 Å². The normalized spacial score (nSPS) is 15.3. The van der Waals surface area contributed by atoms with Crippen molar-refractivity contribution in [2.75, 3.05) is 0 Å². The Morgan fingerprint density at radius 3 is 2.02 bits per heavy atom. The average Bonchev–Trinajstić information content (AvgIpc) is 3.35. The molecule has 5 aromatic rings. The van der Waals surface area contributed by atoms with E-state index in [2.05, 4.69) is 28.1 Å². The second-order valence-corrected chi connectivity index (χ2v) is 13.2. The molecule has 4 aromatic carbocycles. The summed E-state index contributed by atoms with van der Waals surface area (Å²) in [6.45, 7) is 2.48. The van der Waals surface area contributed by atoms with Gasteiger partial charge in [-0.2, -0.15) is 0 Å². The highest BCUT2D eigenvalue weighted by molar-refractivity contribution is 9.10. The molecule has 220 valence electrons. The number of hydrogen-bond donors (Lipinski definition) is 0. The predicted molar refractivity (Wildman–Crippen MR) is 169 cm³/mol. The second kappa shape index (κ2) is 11.5. The summed E-state index contributed by atoms with van der Waals surface area (Å²) in [5.74, 6) is -0.821. The molecule has 1 atom stereocenters. The van der Waals surface area contributed by atoms with Crippen LogP contribution >= 0.6 is 23.8 Å². The van der Waals surface area contributed by atoms with Crippen molar-refractivity contribution >= 4 is 35.3 Å². The van der Waals surface area contributed by atoms with Crippen molar-refractivity contribution in [3.05, 3.63) is 158 Å². The summed E-state index contributed by atoms with van der Waals surface area (Å²) in [6, 6.07) is 31.3. The minimum absolute atomic E-state index is 0.0330. The molecule has 0 saturated carbocycles. The number of phosphoric acid groups is 1. The number of carbonyl (C=O) groups is 2. The number of phosphoric ester groups is 1. The maximum atomic E-state index is 14.3. The molecule has 7 nitrogen and oxygen atoms in total. The molecule has 1 aliphatic carbocycles. The van der Waals surface area contributed by atoms with Gasteiger partial charge >= 0.3 is 7.82 Å². The molecular weight excluding hydrogens is 641 g/mol. The van der Waals surface area contributed by atoms with Crippen LogP contribution in [0.15, 0.2) is 108 Å². The molecule has 0 amide bonds. The van der Waals surface area contributed by atoms with Crippen LogP contribution in [0.3, 0.4) is 0 Å². The fourth-order valence-corrected chi connectivity index (χ4v) is 7.91. The van der Waals surface area contributed by atoms with Crippen molar-refractivity contribution in [1.29, 1.82) is 0 Å². The number of carbonyl (C=O) groups excluding carboxylic acids is 2. The van der Waals surface area contributed by atoms with Crippen molar-refractivity contribution in [1.82, 2.24) is 4.57 Å². The molecule has 0 bridgehead atoms. The Labute approximate surface area is 263 Å². The molecule has 44 heavy (non-hydrogen) atoms. The summed E-state index contributed by atoms with van der Waals surface area (Å²) < 4.78 is 34.3. The van der Waals surface area contributed by atoms with Gasteiger partial charge in [0.2, 0.25) is 5.78 Å². The molecule has 0 radical (unpaired) electrons. The summed E-state index contributed by atoms with van der Waals surface area (Å²) in [4.78, 5) is 28.5. The molecule has 2 heterocycles. The Morgan fingerprint density at radius 2 is 1.36 bits per heavy atom. The Morgan fingerprint density at radius 1 is 0.750 bits per heavy atom. The number of nitrogens with zero attached hydrogens (tertiary/aromatic N) is 1. The van der Waals surface area contributed by atoms with Crippen LogP contribution in [0.4, 0.5) is 0 Å². The first kappa shape index (κ1) is 28.7. The Kier molecular flexibility index (Phi) is 7.47. The minimum Gasteiger partial charge on any atom is -0.403 e. The van der Waals surface area contributed by atoms with Crippen LogP contribution in [0.25, 0.3) is 0 Å². The van der Waals surface area contributed by atoms with Crippen LogP contribution in [-0.2, 0) is 33.4 Å². The average molecular weight is 668 g/mol. The molecule has 1 unspecified atom stereocenters. The third-order valence-corrected chi connectivity index (χ3v) is 10.3. The third-order valence-electron chi connectivity index (χ3n) is 8.13. The molecule has 1 aliphatic heterocycles. The standard InChI is InChI=1S/C35H27BrNO6P/c1-22-26-16-9-8-15-25(26)19-37-32(22)30-31(35(37)36)34(39)29-27(33(30)38)17-10-18-28(29)43-44(40,41-20-23-11-4-2-5-12-23)42-21-24-13-6-3-7-14-24/h2-18,22H,19-21H2,1H3. The number of benzene rings is 4.